The van der Waals surface area contributed by atoms with Gasteiger partial charge in [-0.1, -0.05) is 18.2 Å². The van der Waals surface area contributed by atoms with Crippen LogP contribution in [0.1, 0.15) is 45.6 Å². The van der Waals surface area contributed by atoms with E-state index >= 15 is 0 Å². The average Bonchev–Trinajstić information content (AvgIpc) is 3.01. The number of nitrogens with zero attached hydrogens (tertiary/aromatic N) is 2. The molecule has 1 aromatic carbocycles. The van der Waals surface area contributed by atoms with E-state index in [1.165, 1.54) is 6.08 Å². The van der Waals surface area contributed by atoms with Gasteiger partial charge in [-0.2, -0.15) is 0 Å². The Morgan fingerprint density at radius 2 is 1.77 bits per heavy atom. The van der Waals surface area contributed by atoms with Crippen LogP contribution < -0.4 is 10.4 Å². The molecule has 30 heavy (non-hydrogen) atoms. The Balaban J connectivity index is 1.71. The number of hydrogen-bond acceptors (Lipinski definition) is 5. The molecule has 162 valence electrons. The normalized spacial score (nSPS) is 18.9. The minimum Gasteiger partial charge on any atom is -0.444 e. The number of hydrogen-bond donors (Lipinski definition) is 2. The molecule has 2 fully saturated rings. The van der Waals surface area contributed by atoms with Gasteiger partial charge in [-0.05, 0) is 57.7 Å². The van der Waals surface area contributed by atoms with E-state index in [0.29, 0.717) is 32.5 Å². The summed E-state index contributed by atoms with van der Waals surface area (Å²) in [6.45, 7) is 7.09. The van der Waals surface area contributed by atoms with Gasteiger partial charge in [-0.3, -0.25) is 14.8 Å². The Kier molecular flexibility index (Phi) is 6.17. The highest BCUT2D eigenvalue weighted by molar-refractivity contribution is 6.02. The number of hydroxylamine groups is 1. The topological polar surface area (TPSA) is 99.2 Å². The van der Waals surface area contributed by atoms with Gasteiger partial charge in [-0.25, -0.2) is 10.3 Å². The molecule has 2 aliphatic rings. The summed E-state index contributed by atoms with van der Waals surface area (Å²) < 4.78 is 5.45. The summed E-state index contributed by atoms with van der Waals surface area (Å²) in [6, 6.07) is 7.35. The summed E-state index contributed by atoms with van der Waals surface area (Å²) in [4.78, 5) is 40.5. The number of nitrogens with one attached hydrogen (secondary N) is 1. The van der Waals surface area contributed by atoms with Gasteiger partial charge in [-0.15, -0.1) is 0 Å². The number of carbonyl (C=O) groups excluding carboxylic acids is 3. The molecule has 8 nitrogen and oxygen atoms in total. The summed E-state index contributed by atoms with van der Waals surface area (Å²) in [7, 11) is 0. The lowest BCUT2D eigenvalue weighted by molar-refractivity contribution is -0.128. The van der Waals surface area contributed by atoms with E-state index in [1.54, 1.807) is 21.4 Å². The van der Waals surface area contributed by atoms with Crippen molar-refractivity contribution in [3.05, 3.63) is 35.9 Å². The third-order valence-corrected chi connectivity index (χ3v) is 5.64. The lowest BCUT2D eigenvalue weighted by Gasteiger charge is -2.38. The molecule has 2 N–H and O–H groups in total. The van der Waals surface area contributed by atoms with Crippen molar-refractivity contribution in [1.29, 1.82) is 0 Å². The first-order chi connectivity index (χ1) is 14.1. The molecule has 0 aromatic heterocycles. The van der Waals surface area contributed by atoms with E-state index in [4.69, 9.17) is 9.94 Å². The molecule has 2 saturated heterocycles. The summed E-state index contributed by atoms with van der Waals surface area (Å²) in [5, 5.41) is 8.67. The minimum absolute atomic E-state index is 0.0544. The molecule has 2 aliphatic heterocycles. The molecule has 0 unspecified atom stereocenters. The SMILES string of the molecule is CC(C)(C)OC(=O)N1CCC2(CC1)CCN(c1ccccc1/C=C/C(=O)NO)C2=O. The zero-order chi connectivity index (χ0) is 21.9. The Hall–Kier alpha value is -2.87. The Labute approximate surface area is 176 Å². The van der Waals surface area contributed by atoms with Gasteiger partial charge < -0.3 is 14.5 Å². The number of benzene rings is 1. The van der Waals surface area contributed by atoms with Crippen molar-refractivity contribution in [2.24, 2.45) is 5.41 Å². The fourth-order valence-electron chi connectivity index (χ4n) is 4.04. The predicted octanol–water partition coefficient (Wildman–Crippen LogP) is 2.96. The van der Waals surface area contributed by atoms with Crippen molar-refractivity contribution >= 4 is 29.7 Å². The Morgan fingerprint density at radius 1 is 1.13 bits per heavy atom. The summed E-state index contributed by atoms with van der Waals surface area (Å²) in [6.07, 6.45) is 4.39. The second-order valence-electron chi connectivity index (χ2n) is 8.82. The molecule has 0 aliphatic carbocycles. The van der Waals surface area contributed by atoms with Gasteiger partial charge in [0.1, 0.15) is 5.60 Å². The molecule has 0 atom stereocenters. The third-order valence-electron chi connectivity index (χ3n) is 5.64. The number of amides is 3. The Morgan fingerprint density at radius 3 is 2.40 bits per heavy atom. The van der Waals surface area contributed by atoms with Crippen LogP contribution in [-0.4, -0.2) is 53.3 Å². The van der Waals surface area contributed by atoms with Crippen molar-refractivity contribution in [3.8, 4) is 0 Å². The van der Waals surface area contributed by atoms with Gasteiger partial charge in [0.2, 0.25) is 5.91 Å². The number of piperidine rings is 1. The minimum atomic E-state index is -0.636. The van der Waals surface area contributed by atoms with Crippen LogP contribution in [0.5, 0.6) is 0 Å². The molecule has 0 saturated carbocycles. The summed E-state index contributed by atoms with van der Waals surface area (Å²) >= 11 is 0. The number of ether oxygens (including phenoxy) is 1. The average molecular weight is 415 g/mol. The van der Waals surface area contributed by atoms with E-state index in [-0.39, 0.29) is 12.0 Å². The second-order valence-corrected chi connectivity index (χ2v) is 8.82. The van der Waals surface area contributed by atoms with Crippen LogP contribution >= 0.6 is 0 Å². The highest BCUT2D eigenvalue weighted by Gasteiger charge is 2.49. The van der Waals surface area contributed by atoms with Crippen LogP contribution in [0, 0.1) is 5.41 Å². The van der Waals surface area contributed by atoms with Crippen molar-refractivity contribution in [2.75, 3.05) is 24.5 Å². The van der Waals surface area contributed by atoms with E-state index in [2.05, 4.69) is 0 Å². The largest absolute Gasteiger partial charge is 0.444 e. The molecule has 8 heteroatoms. The van der Waals surface area contributed by atoms with E-state index in [0.717, 1.165) is 17.7 Å². The van der Waals surface area contributed by atoms with E-state index in [1.807, 2.05) is 45.0 Å². The van der Waals surface area contributed by atoms with Crippen LogP contribution in [0.3, 0.4) is 0 Å². The standard InChI is InChI=1S/C22H29N3O5/c1-21(2,3)30-20(28)24-13-10-22(11-14-24)12-15-25(19(22)27)17-7-5-4-6-16(17)8-9-18(26)23-29/h4-9,29H,10-15H2,1-3H3,(H,23,26)/b9-8+. The lowest BCUT2D eigenvalue weighted by atomic mass is 9.77. The predicted molar refractivity (Wildman–Crippen MR) is 112 cm³/mol. The van der Waals surface area contributed by atoms with Crippen LogP contribution in [0.4, 0.5) is 10.5 Å². The molecule has 0 bridgehead atoms. The maximum Gasteiger partial charge on any atom is 0.410 e. The first kappa shape index (κ1) is 21.8. The van der Waals surface area contributed by atoms with Crippen LogP contribution in [0.2, 0.25) is 0 Å². The number of para-hydroxylation sites is 1. The number of anilines is 1. The van der Waals surface area contributed by atoms with Crippen molar-refractivity contribution < 1.29 is 24.3 Å². The van der Waals surface area contributed by atoms with Crippen molar-refractivity contribution in [2.45, 2.75) is 45.6 Å². The summed E-state index contributed by atoms with van der Waals surface area (Å²) in [5.74, 6) is -0.581. The van der Waals surface area contributed by atoms with Gasteiger partial charge in [0.15, 0.2) is 0 Å². The number of likely N-dealkylation sites (tertiary alicyclic amines) is 1. The number of carbonyl (C=O) groups is 3. The van der Waals surface area contributed by atoms with Gasteiger partial charge >= 0.3 is 6.09 Å². The second kappa shape index (κ2) is 8.47. The van der Waals surface area contributed by atoms with Crippen LogP contribution in [0.15, 0.2) is 30.3 Å². The highest BCUT2D eigenvalue weighted by atomic mass is 16.6. The fraction of sp³-hybridized carbons (Fsp3) is 0.500. The van der Waals surface area contributed by atoms with Crippen LogP contribution in [0.25, 0.3) is 6.08 Å². The maximum atomic E-state index is 13.4. The molecule has 3 rings (SSSR count). The summed E-state index contributed by atoms with van der Waals surface area (Å²) in [5.41, 5.74) is 1.99. The van der Waals surface area contributed by atoms with Gasteiger partial charge in [0, 0.05) is 25.7 Å². The van der Waals surface area contributed by atoms with Gasteiger partial charge in [0.25, 0.3) is 5.91 Å². The molecular weight excluding hydrogens is 386 g/mol. The zero-order valence-corrected chi connectivity index (χ0v) is 17.7. The quantitative estimate of drug-likeness (QED) is 0.449. The molecule has 3 amide bonds. The highest BCUT2D eigenvalue weighted by Crippen LogP contribution is 2.44. The fourth-order valence-corrected chi connectivity index (χ4v) is 4.04. The molecule has 2 heterocycles. The van der Waals surface area contributed by atoms with Crippen molar-refractivity contribution in [1.82, 2.24) is 10.4 Å². The smallest absolute Gasteiger partial charge is 0.410 e. The third kappa shape index (κ3) is 4.64. The molecule has 1 spiro atoms. The zero-order valence-electron chi connectivity index (χ0n) is 17.7. The molecule has 0 radical (unpaired) electrons. The van der Waals surface area contributed by atoms with E-state index in [9.17, 15) is 14.4 Å². The van der Waals surface area contributed by atoms with Crippen molar-refractivity contribution in [3.63, 3.8) is 0 Å². The lowest BCUT2D eigenvalue weighted by Crippen LogP contribution is -2.48. The maximum absolute atomic E-state index is 13.4. The van der Waals surface area contributed by atoms with Gasteiger partial charge in [0.05, 0.1) is 11.1 Å². The molecule has 1 aromatic rings. The first-order valence-electron chi connectivity index (χ1n) is 10.2. The molecular formula is C22H29N3O5. The first-order valence-corrected chi connectivity index (χ1v) is 10.2. The van der Waals surface area contributed by atoms with Crippen LogP contribution in [-0.2, 0) is 14.3 Å². The Bertz CT molecular complexity index is 851. The monoisotopic (exact) mass is 415 g/mol. The van der Waals surface area contributed by atoms with E-state index < -0.39 is 16.9 Å². The number of rotatable bonds is 3.